The van der Waals surface area contributed by atoms with Crippen LogP contribution in [-0.4, -0.2) is 16.7 Å². The third-order valence-electron chi connectivity index (χ3n) is 4.24. The third kappa shape index (κ3) is 3.93. The van der Waals surface area contributed by atoms with Gasteiger partial charge in [-0.05, 0) is 75.8 Å². The predicted octanol–water partition coefficient (Wildman–Crippen LogP) is 5.00. The van der Waals surface area contributed by atoms with Gasteiger partial charge in [-0.25, -0.2) is 5.43 Å². The maximum absolute atomic E-state index is 12.2. The molecule has 0 spiro atoms. The van der Waals surface area contributed by atoms with Gasteiger partial charge in [0.05, 0.1) is 11.9 Å². The van der Waals surface area contributed by atoms with Crippen LogP contribution in [0, 0.1) is 3.57 Å². The molecule has 0 bridgehead atoms. The molecule has 0 radical (unpaired) electrons. The van der Waals surface area contributed by atoms with Crippen LogP contribution >= 0.6 is 22.6 Å². The number of nitrogens with one attached hydrogen (secondary N) is 1. The van der Waals surface area contributed by atoms with E-state index in [0.29, 0.717) is 5.56 Å². The van der Waals surface area contributed by atoms with Crippen LogP contribution in [0.5, 0.6) is 0 Å². The number of carbonyl (C=O) groups excluding carboxylic acids is 1. The normalized spacial score (nSPS) is 11.1. The quantitative estimate of drug-likeness (QED) is 0.258. The molecule has 0 atom stereocenters. The molecule has 27 heavy (non-hydrogen) atoms. The van der Waals surface area contributed by atoms with E-state index in [2.05, 4.69) is 63.4 Å². The number of rotatable bonds is 4. The Labute approximate surface area is 170 Å². The maximum Gasteiger partial charge on any atom is 0.271 e. The molecule has 3 aromatic carbocycles. The van der Waals surface area contributed by atoms with E-state index in [1.54, 1.807) is 12.3 Å². The maximum atomic E-state index is 12.2. The molecule has 5 heteroatoms. The first kappa shape index (κ1) is 17.5. The lowest BCUT2D eigenvalue weighted by Gasteiger charge is -2.08. The summed E-state index contributed by atoms with van der Waals surface area (Å²) in [5.74, 6) is -0.228. The van der Waals surface area contributed by atoms with Gasteiger partial charge in [0, 0.05) is 21.0 Å². The van der Waals surface area contributed by atoms with Crippen LogP contribution in [-0.2, 0) is 0 Å². The second kappa shape index (κ2) is 7.75. The van der Waals surface area contributed by atoms with Crippen LogP contribution in [0.1, 0.15) is 16.1 Å². The van der Waals surface area contributed by atoms with Gasteiger partial charge in [-0.2, -0.15) is 5.10 Å². The van der Waals surface area contributed by atoms with E-state index in [1.165, 1.54) is 10.8 Å². The Balaban J connectivity index is 1.54. The molecule has 0 aliphatic rings. The standard InChI is InChI=1S/C22H16IN3O/c23-19-8-3-7-18(13-19)22(27)25-24-15-21-9-4-12-26(21)20-11-10-16-5-1-2-6-17(16)14-20/h1-15H,(H,25,27)/b24-15+. The van der Waals surface area contributed by atoms with Crippen molar-refractivity contribution < 1.29 is 4.79 Å². The molecule has 4 rings (SSSR count). The van der Waals surface area contributed by atoms with Crippen molar-refractivity contribution in [1.82, 2.24) is 9.99 Å². The molecule has 0 saturated heterocycles. The number of aromatic nitrogens is 1. The molecule has 1 N–H and O–H groups in total. The van der Waals surface area contributed by atoms with Gasteiger partial charge < -0.3 is 4.57 Å². The summed E-state index contributed by atoms with van der Waals surface area (Å²) in [7, 11) is 0. The van der Waals surface area contributed by atoms with Crippen molar-refractivity contribution in [3.8, 4) is 5.69 Å². The minimum Gasteiger partial charge on any atom is -0.316 e. The second-order valence-electron chi connectivity index (χ2n) is 6.04. The minimum atomic E-state index is -0.228. The predicted molar refractivity (Wildman–Crippen MR) is 117 cm³/mol. The summed E-state index contributed by atoms with van der Waals surface area (Å²) in [6, 6.07) is 25.9. The summed E-state index contributed by atoms with van der Waals surface area (Å²) in [5.41, 5.74) is 5.10. The van der Waals surface area contributed by atoms with Crippen molar-refractivity contribution in [2.45, 2.75) is 0 Å². The summed E-state index contributed by atoms with van der Waals surface area (Å²) in [6.45, 7) is 0. The molecule has 0 aliphatic heterocycles. The van der Waals surface area contributed by atoms with Crippen molar-refractivity contribution in [1.29, 1.82) is 0 Å². The van der Waals surface area contributed by atoms with Crippen LogP contribution in [0.3, 0.4) is 0 Å². The van der Waals surface area contributed by atoms with E-state index in [0.717, 1.165) is 15.0 Å². The van der Waals surface area contributed by atoms with E-state index < -0.39 is 0 Å². The zero-order valence-corrected chi connectivity index (χ0v) is 16.5. The first-order valence-electron chi connectivity index (χ1n) is 8.46. The lowest BCUT2D eigenvalue weighted by molar-refractivity contribution is 0.0955. The average Bonchev–Trinajstić information content (AvgIpc) is 3.16. The van der Waals surface area contributed by atoms with Crippen molar-refractivity contribution in [2.24, 2.45) is 5.10 Å². The Morgan fingerprint density at radius 1 is 0.926 bits per heavy atom. The van der Waals surface area contributed by atoms with E-state index >= 15 is 0 Å². The number of nitrogens with zero attached hydrogens (tertiary/aromatic N) is 2. The van der Waals surface area contributed by atoms with Gasteiger partial charge in [0.1, 0.15) is 0 Å². The van der Waals surface area contributed by atoms with Crippen LogP contribution in [0.4, 0.5) is 0 Å². The monoisotopic (exact) mass is 465 g/mol. The summed E-state index contributed by atoms with van der Waals surface area (Å²) < 4.78 is 3.04. The number of halogens is 1. The first-order valence-corrected chi connectivity index (χ1v) is 9.54. The highest BCUT2D eigenvalue weighted by Crippen LogP contribution is 2.19. The number of hydrogen-bond donors (Lipinski definition) is 1. The number of hydrazone groups is 1. The number of hydrogen-bond acceptors (Lipinski definition) is 2. The minimum absolute atomic E-state index is 0.228. The van der Waals surface area contributed by atoms with Crippen LogP contribution in [0.15, 0.2) is 90.2 Å². The first-order chi connectivity index (χ1) is 13.2. The molecule has 132 valence electrons. The highest BCUT2D eigenvalue weighted by Gasteiger charge is 2.05. The van der Waals surface area contributed by atoms with Crippen LogP contribution < -0.4 is 5.43 Å². The number of carbonyl (C=O) groups is 1. The number of amides is 1. The Kier molecular flexibility index (Phi) is 5.02. The largest absolute Gasteiger partial charge is 0.316 e. The van der Waals surface area contributed by atoms with E-state index in [-0.39, 0.29) is 5.91 Å². The Bertz CT molecular complexity index is 1150. The highest BCUT2D eigenvalue weighted by molar-refractivity contribution is 14.1. The SMILES string of the molecule is O=C(N/N=C/c1cccn1-c1ccc2ccccc2c1)c1cccc(I)c1. The van der Waals surface area contributed by atoms with E-state index in [4.69, 9.17) is 0 Å². The molecule has 0 aliphatic carbocycles. The zero-order chi connectivity index (χ0) is 18.6. The second-order valence-corrected chi connectivity index (χ2v) is 7.29. The van der Waals surface area contributed by atoms with Crippen molar-refractivity contribution in [3.05, 3.63) is 99.9 Å². The van der Waals surface area contributed by atoms with Gasteiger partial charge in [-0.3, -0.25) is 4.79 Å². The van der Waals surface area contributed by atoms with Crippen molar-refractivity contribution in [2.75, 3.05) is 0 Å². The van der Waals surface area contributed by atoms with Gasteiger partial charge >= 0.3 is 0 Å². The van der Waals surface area contributed by atoms with Crippen LogP contribution in [0.2, 0.25) is 0 Å². The summed E-state index contributed by atoms with van der Waals surface area (Å²) in [4.78, 5) is 12.2. The Morgan fingerprint density at radius 3 is 2.63 bits per heavy atom. The smallest absolute Gasteiger partial charge is 0.271 e. The fraction of sp³-hybridized carbons (Fsp3) is 0. The van der Waals surface area contributed by atoms with Gasteiger partial charge in [-0.15, -0.1) is 0 Å². The lowest BCUT2D eigenvalue weighted by Crippen LogP contribution is -2.17. The molecular formula is C22H16IN3O. The molecule has 1 heterocycles. The fourth-order valence-electron chi connectivity index (χ4n) is 2.91. The molecule has 0 saturated carbocycles. The molecular weight excluding hydrogens is 449 g/mol. The fourth-order valence-corrected chi connectivity index (χ4v) is 3.46. The topological polar surface area (TPSA) is 46.4 Å². The van der Waals surface area contributed by atoms with Crippen molar-refractivity contribution >= 4 is 45.5 Å². The van der Waals surface area contributed by atoms with Gasteiger partial charge in [0.25, 0.3) is 5.91 Å². The third-order valence-corrected chi connectivity index (χ3v) is 4.91. The number of benzene rings is 3. The van der Waals surface area contributed by atoms with Gasteiger partial charge in [0.2, 0.25) is 0 Å². The van der Waals surface area contributed by atoms with E-state index in [9.17, 15) is 4.79 Å². The lowest BCUT2D eigenvalue weighted by atomic mass is 10.1. The Hall–Kier alpha value is -2.93. The summed E-state index contributed by atoms with van der Waals surface area (Å²) in [5, 5.41) is 6.50. The van der Waals surface area contributed by atoms with Crippen LogP contribution in [0.25, 0.3) is 16.5 Å². The van der Waals surface area contributed by atoms with Gasteiger partial charge in [0.15, 0.2) is 0 Å². The number of fused-ring (bicyclic) bond motifs is 1. The zero-order valence-electron chi connectivity index (χ0n) is 14.3. The average molecular weight is 465 g/mol. The molecule has 0 unspecified atom stereocenters. The van der Waals surface area contributed by atoms with Crippen molar-refractivity contribution in [3.63, 3.8) is 0 Å². The highest BCUT2D eigenvalue weighted by atomic mass is 127. The molecule has 1 amide bonds. The summed E-state index contributed by atoms with van der Waals surface area (Å²) >= 11 is 2.18. The Morgan fingerprint density at radius 2 is 1.78 bits per heavy atom. The summed E-state index contributed by atoms with van der Waals surface area (Å²) in [6.07, 6.45) is 3.63. The molecule has 0 fully saturated rings. The molecule has 4 aromatic rings. The molecule has 1 aromatic heterocycles. The van der Waals surface area contributed by atoms with E-state index in [1.807, 2.05) is 53.2 Å². The molecule has 4 nitrogen and oxygen atoms in total. The van der Waals surface area contributed by atoms with Gasteiger partial charge in [-0.1, -0.05) is 36.4 Å².